The molecule has 1 saturated carbocycles. The van der Waals surface area contributed by atoms with Crippen LogP contribution in [0.4, 0.5) is 0 Å². The Morgan fingerprint density at radius 2 is 1.35 bits per heavy atom. The summed E-state index contributed by atoms with van der Waals surface area (Å²) in [5, 5.41) is 0. The zero-order chi connectivity index (χ0) is 12.6. The first-order valence-electron chi connectivity index (χ1n) is 6.82. The molecule has 0 spiro atoms. The van der Waals surface area contributed by atoms with E-state index in [0.717, 1.165) is 12.8 Å². The van der Waals surface area contributed by atoms with Gasteiger partial charge in [0, 0.05) is 5.54 Å². The molecule has 17 heavy (non-hydrogen) atoms. The summed E-state index contributed by atoms with van der Waals surface area (Å²) in [6.45, 7) is 8.88. The van der Waals surface area contributed by atoms with Crippen LogP contribution in [0.2, 0.25) is 0 Å². The molecule has 94 valence electrons. The van der Waals surface area contributed by atoms with Gasteiger partial charge in [-0.05, 0) is 68.4 Å². The average Bonchev–Trinajstić information content (AvgIpc) is 2.27. The highest BCUT2D eigenvalue weighted by molar-refractivity contribution is 5.47. The van der Waals surface area contributed by atoms with Crippen LogP contribution in [0.5, 0.6) is 0 Å². The van der Waals surface area contributed by atoms with E-state index in [1.54, 1.807) is 0 Å². The zero-order valence-corrected chi connectivity index (χ0v) is 11.7. The van der Waals surface area contributed by atoms with Crippen molar-refractivity contribution in [3.05, 3.63) is 33.9 Å². The highest BCUT2D eigenvalue weighted by Crippen LogP contribution is 2.39. The number of aryl methyl sites for hydroxylation is 2. The lowest BCUT2D eigenvalue weighted by molar-refractivity contribution is 0.299. The molecule has 1 nitrogen and oxygen atoms in total. The normalized spacial score (nSPS) is 19.4. The highest BCUT2D eigenvalue weighted by atomic mass is 14.7. The second kappa shape index (κ2) is 4.45. The summed E-state index contributed by atoms with van der Waals surface area (Å²) in [6, 6.07) is 2.29. The second-order valence-corrected chi connectivity index (χ2v) is 5.85. The first kappa shape index (κ1) is 12.6. The molecule has 1 aliphatic rings. The van der Waals surface area contributed by atoms with Crippen molar-refractivity contribution in [3.8, 4) is 0 Å². The third-order valence-electron chi connectivity index (χ3n) is 4.61. The van der Waals surface area contributed by atoms with Crippen molar-refractivity contribution >= 4 is 0 Å². The monoisotopic (exact) mass is 231 g/mol. The van der Waals surface area contributed by atoms with Crippen LogP contribution in [-0.2, 0) is 5.54 Å². The van der Waals surface area contributed by atoms with Gasteiger partial charge in [-0.25, -0.2) is 0 Å². The lowest BCUT2D eigenvalue weighted by Gasteiger charge is -2.37. The largest absolute Gasteiger partial charge is 0.321 e. The van der Waals surface area contributed by atoms with Crippen molar-refractivity contribution in [1.82, 2.24) is 0 Å². The minimum Gasteiger partial charge on any atom is -0.321 e. The molecule has 1 fully saturated rings. The Bertz CT molecular complexity index is 399. The second-order valence-electron chi connectivity index (χ2n) is 5.85. The van der Waals surface area contributed by atoms with Gasteiger partial charge < -0.3 is 5.73 Å². The van der Waals surface area contributed by atoms with Crippen LogP contribution in [-0.4, -0.2) is 0 Å². The van der Waals surface area contributed by atoms with E-state index in [4.69, 9.17) is 5.73 Å². The van der Waals surface area contributed by atoms with Gasteiger partial charge in [0.2, 0.25) is 0 Å². The van der Waals surface area contributed by atoms with E-state index < -0.39 is 0 Å². The number of hydrogen-bond acceptors (Lipinski definition) is 1. The maximum absolute atomic E-state index is 6.72. The summed E-state index contributed by atoms with van der Waals surface area (Å²) in [5.74, 6) is 0. The van der Waals surface area contributed by atoms with Crippen LogP contribution in [0.1, 0.15) is 59.9 Å². The Hall–Kier alpha value is -0.820. The molecule has 0 heterocycles. The smallest absolute Gasteiger partial charge is 0.0415 e. The van der Waals surface area contributed by atoms with E-state index in [-0.39, 0.29) is 5.54 Å². The fraction of sp³-hybridized carbons (Fsp3) is 0.625. The van der Waals surface area contributed by atoms with Crippen molar-refractivity contribution in [2.75, 3.05) is 0 Å². The molecule has 0 radical (unpaired) electrons. The molecule has 1 aromatic carbocycles. The van der Waals surface area contributed by atoms with E-state index in [1.807, 2.05) is 0 Å². The minimum absolute atomic E-state index is 0.0663. The number of nitrogens with two attached hydrogens (primary N) is 1. The van der Waals surface area contributed by atoms with E-state index in [0.29, 0.717) is 0 Å². The number of benzene rings is 1. The minimum atomic E-state index is -0.0663. The summed E-state index contributed by atoms with van der Waals surface area (Å²) in [7, 11) is 0. The van der Waals surface area contributed by atoms with Crippen LogP contribution in [0, 0.1) is 27.7 Å². The van der Waals surface area contributed by atoms with Gasteiger partial charge in [0.05, 0.1) is 0 Å². The van der Waals surface area contributed by atoms with Crippen molar-refractivity contribution in [3.63, 3.8) is 0 Å². The van der Waals surface area contributed by atoms with Crippen LogP contribution in [0.25, 0.3) is 0 Å². The van der Waals surface area contributed by atoms with E-state index in [2.05, 4.69) is 33.8 Å². The Balaban J connectivity index is 2.57. The van der Waals surface area contributed by atoms with Gasteiger partial charge in [-0.3, -0.25) is 0 Å². The molecule has 1 aromatic rings. The fourth-order valence-corrected chi connectivity index (χ4v) is 3.40. The van der Waals surface area contributed by atoms with Crippen molar-refractivity contribution < 1.29 is 0 Å². The Labute approximate surface area is 105 Å². The molecule has 0 saturated heterocycles. The quantitative estimate of drug-likeness (QED) is 0.775. The van der Waals surface area contributed by atoms with Crippen molar-refractivity contribution in [2.45, 2.75) is 65.3 Å². The van der Waals surface area contributed by atoms with Gasteiger partial charge in [-0.1, -0.05) is 25.3 Å². The maximum atomic E-state index is 6.72. The van der Waals surface area contributed by atoms with Gasteiger partial charge in [0.15, 0.2) is 0 Å². The molecule has 1 heteroatoms. The molecule has 0 atom stereocenters. The maximum Gasteiger partial charge on any atom is 0.0415 e. The number of hydrogen-bond donors (Lipinski definition) is 1. The summed E-state index contributed by atoms with van der Waals surface area (Å²) >= 11 is 0. The third kappa shape index (κ3) is 2.13. The standard InChI is InChI=1S/C16H25N/c1-11-10-12(2)14(4)15(13(11)3)16(17)8-6-5-7-9-16/h10H,5-9,17H2,1-4H3. The van der Waals surface area contributed by atoms with Crippen molar-refractivity contribution in [2.24, 2.45) is 5.73 Å². The zero-order valence-electron chi connectivity index (χ0n) is 11.7. The molecule has 0 bridgehead atoms. The lowest BCUT2D eigenvalue weighted by atomic mass is 9.73. The van der Waals surface area contributed by atoms with Gasteiger partial charge in [0.25, 0.3) is 0 Å². The molecule has 0 unspecified atom stereocenters. The number of rotatable bonds is 1. The third-order valence-corrected chi connectivity index (χ3v) is 4.61. The van der Waals surface area contributed by atoms with Crippen LogP contribution < -0.4 is 5.73 Å². The molecular weight excluding hydrogens is 206 g/mol. The van der Waals surface area contributed by atoms with Crippen LogP contribution >= 0.6 is 0 Å². The molecular formula is C16H25N. The molecule has 0 aromatic heterocycles. The predicted octanol–water partition coefficient (Wildman–Crippen LogP) is 4.04. The van der Waals surface area contributed by atoms with Gasteiger partial charge in [-0.15, -0.1) is 0 Å². The fourth-order valence-electron chi connectivity index (χ4n) is 3.40. The van der Waals surface area contributed by atoms with E-state index >= 15 is 0 Å². The highest BCUT2D eigenvalue weighted by Gasteiger charge is 2.32. The molecule has 2 rings (SSSR count). The van der Waals surface area contributed by atoms with Crippen LogP contribution in [0.15, 0.2) is 6.07 Å². The average molecular weight is 231 g/mol. The lowest BCUT2D eigenvalue weighted by Crippen LogP contribution is -2.40. The summed E-state index contributed by atoms with van der Waals surface area (Å²) < 4.78 is 0. The van der Waals surface area contributed by atoms with Gasteiger partial charge >= 0.3 is 0 Å². The molecule has 0 aliphatic heterocycles. The Morgan fingerprint density at radius 1 is 0.882 bits per heavy atom. The predicted molar refractivity (Wildman–Crippen MR) is 74.3 cm³/mol. The van der Waals surface area contributed by atoms with Gasteiger partial charge in [-0.2, -0.15) is 0 Å². The SMILES string of the molecule is Cc1cc(C)c(C)c(C2(N)CCCCC2)c1C. The Morgan fingerprint density at radius 3 is 1.82 bits per heavy atom. The van der Waals surface area contributed by atoms with E-state index in [1.165, 1.54) is 47.1 Å². The first-order valence-corrected chi connectivity index (χ1v) is 6.82. The topological polar surface area (TPSA) is 26.0 Å². The van der Waals surface area contributed by atoms with Crippen molar-refractivity contribution in [1.29, 1.82) is 0 Å². The first-order chi connectivity index (χ1) is 7.96. The van der Waals surface area contributed by atoms with E-state index in [9.17, 15) is 0 Å². The molecule has 1 aliphatic carbocycles. The summed E-state index contributed by atoms with van der Waals surface area (Å²) in [6.07, 6.45) is 6.21. The van der Waals surface area contributed by atoms with Crippen LogP contribution in [0.3, 0.4) is 0 Å². The Kier molecular flexibility index (Phi) is 3.31. The van der Waals surface area contributed by atoms with Gasteiger partial charge in [0.1, 0.15) is 0 Å². The molecule has 2 N–H and O–H groups in total. The summed E-state index contributed by atoms with van der Waals surface area (Å²) in [5.41, 5.74) is 13.7. The molecule has 0 amide bonds. The summed E-state index contributed by atoms with van der Waals surface area (Å²) in [4.78, 5) is 0.